The minimum Gasteiger partial charge on any atom is -0.392 e. The van der Waals surface area contributed by atoms with E-state index in [0.717, 1.165) is 57.3 Å². The number of guanidine groups is 1. The van der Waals surface area contributed by atoms with Gasteiger partial charge in [0.1, 0.15) is 0 Å². The van der Waals surface area contributed by atoms with Crippen molar-refractivity contribution in [3.63, 3.8) is 0 Å². The van der Waals surface area contributed by atoms with Crippen LogP contribution < -0.4 is 5.32 Å². The van der Waals surface area contributed by atoms with E-state index < -0.39 is 0 Å². The van der Waals surface area contributed by atoms with E-state index in [9.17, 15) is 5.11 Å². The molecule has 6 heteroatoms. The van der Waals surface area contributed by atoms with Gasteiger partial charge in [0, 0.05) is 31.6 Å². The molecule has 3 atom stereocenters. The molecule has 3 rings (SSSR count). The maximum atomic E-state index is 10.5. The zero-order chi connectivity index (χ0) is 18.4. The van der Waals surface area contributed by atoms with Crippen LogP contribution in [0.15, 0.2) is 4.99 Å². The van der Waals surface area contributed by atoms with Crippen LogP contribution >= 0.6 is 24.0 Å². The number of nitrogens with zero attached hydrogens (tertiary/aromatic N) is 3. The first-order valence-corrected chi connectivity index (χ1v) is 11.0. The van der Waals surface area contributed by atoms with E-state index in [0.29, 0.717) is 0 Å². The molecule has 3 fully saturated rings. The number of aliphatic imine (C=N–C) groups is 1. The third kappa shape index (κ3) is 6.46. The van der Waals surface area contributed by atoms with Crippen molar-refractivity contribution in [2.24, 2.45) is 16.3 Å². The van der Waals surface area contributed by atoms with Crippen molar-refractivity contribution in [2.75, 3.05) is 45.8 Å². The fraction of sp³-hybridized carbons (Fsp3) is 0.952. The number of halogens is 1. The van der Waals surface area contributed by atoms with E-state index in [1.54, 1.807) is 0 Å². The molecule has 158 valence electrons. The summed E-state index contributed by atoms with van der Waals surface area (Å²) in [7, 11) is 0. The molecule has 2 N–H and O–H groups in total. The van der Waals surface area contributed by atoms with Gasteiger partial charge in [0.25, 0.3) is 0 Å². The van der Waals surface area contributed by atoms with E-state index >= 15 is 0 Å². The summed E-state index contributed by atoms with van der Waals surface area (Å²) in [5.74, 6) is 1.83. The van der Waals surface area contributed by atoms with E-state index in [2.05, 4.69) is 29.0 Å². The van der Waals surface area contributed by atoms with Crippen molar-refractivity contribution in [2.45, 2.75) is 71.3 Å². The Morgan fingerprint density at radius 1 is 1.11 bits per heavy atom. The first-order valence-electron chi connectivity index (χ1n) is 11.0. The summed E-state index contributed by atoms with van der Waals surface area (Å²) in [6.45, 7) is 12.1. The molecule has 1 saturated carbocycles. The van der Waals surface area contributed by atoms with Crippen LogP contribution in [0.25, 0.3) is 0 Å². The lowest BCUT2D eigenvalue weighted by Gasteiger charge is -2.37. The number of aliphatic hydroxyl groups excluding tert-OH is 1. The SMILES string of the molecule is CCNC(=NCC1(C)CCCCC1O)N1CCC(CN2CCCCC2)C1.I. The predicted molar refractivity (Wildman–Crippen MR) is 124 cm³/mol. The fourth-order valence-electron chi connectivity index (χ4n) is 4.93. The van der Waals surface area contributed by atoms with Crippen molar-refractivity contribution in [3.05, 3.63) is 0 Å². The van der Waals surface area contributed by atoms with Crippen molar-refractivity contribution in [1.82, 2.24) is 15.1 Å². The maximum Gasteiger partial charge on any atom is 0.193 e. The van der Waals surface area contributed by atoms with Gasteiger partial charge in [-0.05, 0) is 58.0 Å². The molecular formula is C21H41IN4O. The average molecular weight is 492 g/mol. The summed E-state index contributed by atoms with van der Waals surface area (Å²) < 4.78 is 0. The molecule has 0 radical (unpaired) electrons. The number of hydrogen-bond donors (Lipinski definition) is 2. The van der Waals surface area contributed by atoms with Gasteiger partial charge in [0.2, 0.25) is 0 Å². The summed E-state index contributed by atoms with van der Waals surface area (Å²) in [4.78, 5) is 10.1. The largest absolute Gasteiger partial charge is 0.392 e. The van der Waals surface area contributed by atoms with Crippen LogP contribution in [0.3, 0.4) is 0 Å². The average Bonchev–Trinajstić information content (AvgIpc) is 3.10. The Labute approximate surface area is 183 Å². The number of likely N-dealkylation sites (tertiary alicyclic amines) is 2. The Morgan fingerprint density at radius 2 is 1.89 bits per heavy atom. The number of nitrogens with one attached hydrogen (secondary N) is 1. The standard InChI is InChI=1S/C21H40N4O.HI/c1-3-22-20(23-17-21(2)11-6-5-9-19(21)26)25-14-10-18(16-25)15-24-12-7-4-8-13-24;/h18-19,26H,3-17H2,1-2H3,(H,22,23);1H. The minimum absolute atomic E-state index is 0. The van der Waals surface area contributed by atoms with Gasteiger partial charge >= 0.3 is 0 Å². The van der Waals surface area contributed by atoms with E-state index in [1.807, 2.05) is 0 Å². The summed E-state index contributed by atoms with van der Waals surface area (Å²) in [6.07, 6.45) is 9.65. The van der Waals surface area contributed by atoms with Crippen LogP contribution in [-0.2, 0) is 0 Å². The lowest BCUT2D eigenvalue weighted by atomic mass is 9.73. The molecule has 2 saturated heterocycles. The maximum absolute atomic E-state index is 10.5. The highest BCUT2D eigenvalue weighted by Crippen LogP contribution is 2.36. The lowest BCUT2D eigenvalue weighted by molar-refractivity contribution is 0.00705. The third-order valence-electron chi connectivity index (χ3n) is 6.76. The monoisotopic (exact) mass is 492 g/mol. The quantitative estimate of drug-likeness (QED) is 0.351. The number of piperidine rings is 1. The zero-order valence-electron chi connectivity index (χ0n) is 17.5. The highest BCUT2D eigenvalue weighted by Gasteiger charge is 2.35. The van der Waals surface area contributed by atoms with Crippen LogP contribution in [0.4, 0.5) is 0 Å². The van der Waals surface area contributed by atoms with E-state index in [-0.39, 0.29) is 35.5 Å². The van der Waals surface area contributed by atoms with Crippen molar-refractivity contribution >= 4 is 29.9 Å². The van der Waals surface area contributed by atoms with E-state index in [4.69, 9.17) is 4.99 Å². The molecule has 0 aromatic carbocycles. The van der Waals surface area contributed by atoms with Crippen LogP contribution in [0, 0.1) is 11.3 Å². The van der Waals surface area contributed by atoms with Crippen LogP contribution in [0.5, 0.6) is 0 Å². The Bertz CT molecular complexity index is 469. The summed E-state index contributed by atoms with van der Waals surface area (Å²) in [5, 5.41) is 14.0. The van der Waals surface area contributed by atoms with Crippen molar-refractivity contribution < 1.29 is 5.11 Å². The van der Waals surface area contributed by atoms with Crippen LogP contribution in [-0.4, -0.2) is 72.8 Å². The topological polar surface area (TPSA) is 51.1 Å². The van der Waals surface area contributed by atoms with Crippen molar-refractivity contribution in [3.8, 4) is 0 Å². The third-order valence-corrected chi connectivity index (χ3v) is 6.76. The normalized spacial score (nSPS) is 33.0. The molecule has 27 heavy (non-hydrogen) atoms. The lowest BCUT2D eigenvalue weighted by Crippen LogP contribution is -2.43. The Hall–Kier alpha value is -0.0800. The summed E-state index contributed by atoms with van der Waals surface area (Å²) >= 11 is 0. The smallest absolute Gasteiger partial charge is 0.193 e. The Morgan fingerprint density at radius 3 is 2.59 bits per heavy atom. The second-order valence-corrected chi connectivity index (χ2v) is 9.05. The molecule has 0 amide bonds. The van der Waals surface area contributed by atoms with Gasteiger partial charge < -0.3 is 20.2 Å². The van der Waals surface area contributed by atoms with Crippen LogP contribution in [0.2, 0.25) is 0 Å². The molecule has 1 aliphatic carbocycles. The molecule has 5 nitrogen and oxygen atoms in total. The van der Waals surface area contributed by atoms with Gasteiger partial charge in [-0.15, -0.1) is 24.0 Å². The fourth-order valence-corrected chi connectivity index (χ4v) is 4.93. The molecule has 0 aromatic rings. The van der Waals surface area contributed by atoms with E-state index in [1.165, 1.54) is 51.7 Å². The Balaban J connectivity index is 0.00000261. The molecule has 3 aliphatic rings. The highest BCUT2D eigenvalue weighted by molar-refractivity contribution is 14.0. The molecular weight excluding hydrogens is 451 g/mol. The second kappa shape index (κ2) is 11.2. The minimum atomic E-state index is -0.201. The van der Waals surface area contributed by atoms with Gasteiger partial charge in [-0.1, -0.05) is 26.2 Å². The van der Waals surface area contributed by atoms with Gasteiger partial charge in [0.05, 0.1) is 12.6 Å². The van der Waals surface area contributed by atoms with Crippen molar-refractivity contribution in [1.29, 1.82) is 0 Å². The Kier molecular flexibility index (Phi) is 9.62. The molecule has 3 unspecified atom stereocenters. The summed E-state index contributed by atoms with van der Waals surface area (Å²) in [5.41, 5.74) is -0.0498. The summed E-state index contributed by atoms with van der Waals surface area (Å²) in [6, 6.07) is 0. The highest BCUT2D eigenvalue weighted by atomic mass is 127. The number of hydrogen-bond acceptors (Lipinski definition) is 3. The number of aliphatic hydroxyl groups is 1. The predicted octanol–water partition coefficient (Wildman–Crippen LogP) is 3.32. The van der Waals surface area contributed by atoms with Gasteiger partial charge in [-0.2, -0.15) is 0 Å². The first kappa shape index (κ1) is 23.2. The van der Waals surface area contributed by atoms with Gasteiger partial charge in [-0.25, -0.2) is 0 Å². The second-order valence-electron chi connectivity index (χ2n) is 9.05. The van der Waals surface area contributed by atoms with Gasteiger partial charge in [0.15, 0.2) is 5.96 Å². The van der Waals surface area contributed by atoms with Gasteiger partial charge in [-0.3, -0.25) is 4.99 Å². The van der Waals surface area contributed by atoms with Crippen LogP contribution in [0.1, 0.15) is 65.2 Å². The first-order chi connectivity index (χ1) is 12.6. The molecule has 2 heterocycles. The molecule has 0 aromatic heterocycles. The number of rotatable bonds is 5. The molecule has 0 bridgehead atoms. The zero-order valence-corrected chi connectivity index (χ0v) is 19.8. The molecule has 2 aliphatic heterocycles. The molecule has 0 spiro atoms.